The molecule has 10 heteroatoms. The van der Waals surface area contributed by atoms with Gasteiger partial charge in [-0.05, 0) is 26.0 Å². The Morgan fingerprint density at radius 3 is 2.56 bits per heavy atom. The maximum absolute atomic E-state index is 14.4. The summed E-state index contributed by atoms with van der Waals surface area (Å²) in [5, 5.41) is 10.9. The third kappa shape index (κ3) is 3.62. The second-order valence-corrected chi connectivity index (χ2v) is 8.28. The molecule has 1 amide bonds. The van der Waals surface area contributed by atoms with Gasteiger partial charge in [0.1, 0.15) is 16.6 Å². The molecule has 4 aromatic rings. The van der Waals surface area contributed by atoms with Gasteiger partial charge in [-0.1, -0.05) is 0 Å². The Hall–Kier alpha value is -3.66. The number of amides is 1. The van der Waals surface area contributed by atoms with Gasteiger partial charge in [0.05, 0.1) is 5.56 Å². The number of hydrogen-bond acceptors (Lipinski definition) is 7. The van der Waals surface area contributed by atoms with E-state index in [1.165, 1.54) is 16.9 Å². The van der Waals surface area contributed by atoms with Crippen LogP contribution in [0.25, 0.3) is 21.9 Å². The number of aromatic nitrogens is 5. The molecule has 5 rings (SSSR count). The number of aryl methyl sites for hydroxylation is 1. The minimum atomic E-state index is -0.501. The van der Waals surface area contributed by atoms with E-state index in [4.69, 9.17) is 0 Å². The molecule has 3 aromatic heterocycles. The average molecular weight is 434 g/mol. The summed E-state index contributed by atoms with van der Waals surface area (Å²) in [4.78, 5) is 28.7. The maximum Gasteiger partial charge on any atom is 0.259 e. The van der Waals surface area contributed by atoms with Gasteiger partial charge in [0.15, 0.2) is 11.6 Å². The van der Waals surface area contributed by atoms with Gasteiger partial charge in [0.25, 0.3) is 5.91 Å². The van der Waals surface area contributed by atoms with Crippen molar-refractivity contribution < 1.29 is 9.18 Å². The predicted octanol–water partition coefficient (Wildman–Crippen LogP) is 2.49. The predicted molar refractivity (Wildman–Crippen MR) is 120 cm³/mol. The molecule has 1 aromatic carbocycles. The van der Waals surface area contributed by atoms with E-state index in [-0.39, 0.29) is 11.1 Å². The molecule has 1 saturated heterocycles. The zero-order valence-corrected chi connectivity index (χ0v) is 18.0. The summed E-state index contributed by atoms with van der Waals surface area (Å²) in [5.74, 6) is -0.231. The molecular formula is C22H23FN8O. The Labute approximate surface area is 183 Å². The van der Waals surface area contributed by atoms with Crippen LogP contribution in [0.15, 0.2) is 36.9 Å². The smallest absolute Gasteiger partial charge is 0.259 e. The molecule has 0 spiro atoms. The number of rotatable bonds is 3. The lowest BCUT2D eigenvalue weighted by molar-refractivity contribution is 0.102. The summed E-state index contributed by atoms with van der Waals surface area (Å²) < 4.78 is 15.9. The molecule has 9 nitrogen and oxygen atoms in total. The minimum Gasteiger partial charge on any atom is -0.352 e. The van der Waals surface area contributed by atoms with Gasteiger partial charge in [-0.15, -0.1) is 0 Å². The van der Waals surface area contributed by atoms with Crippen LogP contribution >= 0.6 is 0 Å². The van der Waals surface area contributed by atoms with Crippen molar-refractivity contribution in [2.75, 3.05) is 23.3 Å². The van der Waals surface area contributed by atoms with Crippen LogP contribution in [0.5, 0.6) is 0 Å². The first kappa shape index (κ1) is 20.3. The van der Waals surface area contributed by atoms with Gasteiger partial charge >= 0.3 is 0 Å². The first-order valence-corrected chi connectivity index (χ1v) is 10.4. The molecule has 2 atom stereocenters. The van der Waals surface area contributed by atoms with Crippen LogP contribution in [-0.2, 0) is 7.05 Å². The molecule has 1 fully saturated rings. The van der Waals surface area contributed by atoms with Gasteiger partial charge in [-0.25, -0.2) is 14.4 Å². The van der Waals surface area contributed by atoms with Crippen molar-refractivity contribution in [3.8, 4) is 0 Å². The molecule has 164 valence electrons. The molecule has 1 aliphatic heterocycles. The SMILES string of the molecule is C[C@@H]1CN(c2ncc(C(=O)Nc3cc(F)c4nn(C)cc4c3)c3nccnc23)C[C@@H](C)N1. The largest absolute Gasteiger partial charge is 0.352 e. The summed E-state index contributed by atoms with van der Waals surface area (Å²) in [6, 6.07) is 3.54. The van der Waals surface area contributed by atoms with Gasteiger partial charge in [-0.3, -0.25) is 14.5 Å². The lowest BCUT2D eigenvalue weighted by Gasteiger charge is -2.37. The topological polar surface area (TPSA) is 101 Å². The van der Waals surface area contributed by atoms with Crippen molar-refractivity contribution in [2.24, 2.45) is 7.05 Å². The highest BCUT2D eigenvalue weighted by atomic mass is 19.1. The van der Waals surface area contributed by atoms with Crippen molar-refractivity contribution in [1.82, 2.24) is 30.0 Å². The monoisotopic (exact) mass is 434 g/mol. The zero-order valence-electron chi connectivity index (χ0n) is 18.0. The minimum absolute atomic E-state index is 0.257. The van der Waals surface area contributed by atoms with E-state index in [2.05, 4.69) is 49.4 Å². The zero-order chi connectivity index (χ0) is 22.4. The highest BCUT2D eigenvalue weighted by Gasteiger charge is 2.25. The van der Waals surface area contributed by atoms with Crippen LogP contribution in [0.4, 0.5) is 15.9 Å². The maximum atomic E-state index is 14.4. The van der Waals surface area contributed by atoms with Crippen LogP contribution in [0.2, 0.25) is 0 Å². The average Bonchev–Trinajstić information content (AvgIpc) is 3.13. The number of carbonyl (C=O) groups is 1. The Kier molecular flexibility index (Phi) is 4.93. The van der Waals surface area contributed by atoms with Crippen molar-refractivity contribution in [3.63, 3.8) is 0 Å². The van der Waals surface area contributed by atoms with Crippen molar-refractivity contribution in [1.29, 1.82) is 0 Å². The van der Waals surface area contributed by atoms with Crippen molar-refractivity contribution in [3.05, 3.63) is 48.3 Å². The first-order valence-electron chi connectivity index (χ1n) is 10.4. The molecular weight excluding hydrogens is 411 g/mol. The summed E-state index contributed by atoms with van der Waals surface area (Å²) in [6.07, 6.45) is 6.35. The fraction of sp³-hybridized carbons (Fsp3) is 0.318. The van der Waals surface area contributed by atoms with Crippen molar-refractivity contribution in [2.45, 2.75) is 25.9 Å². The molecule has 0 saturated carbocycles. The number of pyridine rings is 1. The Bertz CT molecular complexity index is 1330. The molecule has 2 N–H and O–H groups in total. The normalized spacial score (nSPS) is 18.9. The standard InChI is InChI=1S/C22H23FN8O/c1-12-9-31(10-13(2)27-12)21-20-19(24-4-5-25-20)16(8-26-21)22(32)28-15-6-14-11-30(3)29-18(14)17(23)7-15/h4-8,11-13,27H,9-10H2,1-3H3,(H,28,32)/t12-,13-/m1/s1. The van der Waals surface area contributed by atoms with E-state index < -0.39 is 11.7 Å². The number of fused-ring (bicyclic) bond motifs is 2. The number of anilines is 2. The van der Waals surface area contributed by atoms with E-state index in [1.54, 1.807) is 31.7 Å². The number of nitrogens with one attached hydrogen (secondary N) is 2. The van der Waals surface area contributed by atoms with Crippen molar-refractivity contribution >= 4 is 39.3 Å². The van der Waals surface area contributed by atoms with Gasteiger partial charge in [-0.2, -0.15) is 5.10 Å². The molecule has 0 radical (unpaired) electrons. The summed E-state index contributed by atoms with van der Waals surface area (Å²) in [6.45, 7) is 5.80. The molecule has 0 bridgehead atoms. The number of carbonyl (C=O) groups excluding carboxylic acids is 1. The molecule has 1 aliphatic rings. The van der Waals surface area contributed by atoms with E-state index >= 15 is 0 Å². The number of benzene rings is 1. The van der Waals surface area contributed by atoms with Crippen LogP contribution in [0.1, 0.15) is 24.2 Å². The highest BCUT2D eigenvalue weighted by molar-refractivity contribution is 6.12. The number of piperazine rings is 1. The highest BCUT2D eigenvalue weighted by Crippen LogP contribution is 2.27. The third-order valence-corrected chi connectivity index (χ3v) is 5.52. The summed E-state index contributed by atoms with van der Waals surface area (Å²) >= 11 is 0. The van der Waals surface area contributed by atoms with Gasteiger partial charge in [0.2, 0.25) is 0 Å². The second kappa shape index (κ2) is 7.79. The molecule has 0 unspecified atom stereocenters. The van der Waals surface area contributed by atoms with Gasteiger partial charge < -0.3 is 15.5 Å². The van der Waals surface area contributed by atoms with Gasteiger partial charge in [0, 0.05) is 68.1 Å². The molecule has 32 heavy (non-hydrogen) atoms. The van der Waals surface area contributed by atoms with Crippen LogP contribution in [-0.4, -0.2) is 55.8 Å². The van der Waals surface area contributed by atoms with E-state index in [9.17, 15) is 9.18 Å². The summed E-state index contributed by atoms with van der Waals surface area (Å²) in [7, 11) is 1.72. The van der Waals surface area contributed by atoms with E-state index in [1.807, 2.05) is 0 Å². The van der Waals surface area contributed by atoms with Crippen LogP contribution in [0, 0.1) is 5.82 Å². The number of hydrogen-bond donors (Lipinski definition) is 2. The number of nitrogens with zero attached hydrogens (tertiary/aromatic N) is 6. The molecule has 4 heterocycles. The Balaban J connectivity index is 1.50. The second-order valence-electron chi connectivity index (χ2n) is 8.28. The van der Waals surface area contributed by atoms with Crippen LogP contribution < -0.4 is 15.5 Å². The molecule has 0 aliphatic carbocycles. The first-order chi connectivity index (χ1) is 15.4. The quantitative estimate of drug-likeness (QED) is 0.511. The fourth-order valence-corrected chi connectivity index (χ4v) is 4.33. The lowest BCUT2D eigenvalue weighted by Crippen LogP contribution is -2.54. The summed E-state index contributed by atoms with van der Waals surface area (Å²) in [5.41, 5.74) is 1.89. The van der Waals surface area contributed by atoms with E-state index in [0.29, 0.717) is 40.0 Å². The number of halogens is 1. The third-order valence-electron chi connectivity index (χ3n) is 5.52. The Morgan fingerprint density at radius 1 is 1.09 bits per heavy atom. The lowest BCUT2D eigenvalue weighted by atomic mass is 10.1. The van der Waals surface area contributed by atoms with Crippen LogP contribution in [0.3, 0.4) is 0 Å². The Morgan fingerprint density at radius 2 is 1.81 bits per heavy atom. The fourth-order valence-electron chi connectivity index (χ4n) is 4.33. The van der Waals surface area contributed by atoms with E-state index in [0.717, 1.165) is 13.1 Å².